The molecule has 4 aromatic carbocycles. The summed E-state index contributed by atoms with van der Waals surface area (Å²) in [7, 11) is -3.76. The molecule has 6 nitrogen and oxygen atoms in total. The summed E-state index contributed by atoms with van der Waals surface area (Å²) in [6, 6.07) is 23.8. The van der Waals surface area contributed by atoms with Crippen LogP contribution in [0.2, 0.25) is 0 Å². The standard InChI is InChI=1S/C33H32O6S/c1-5-9-25-11-21-31(37-8-4)33(23-25)39-27-14-18-29(19-15-27)40(34,35)28-16-12-26(13-17-28)38-32-22-24(6-2)10-20-30(32)36-7-3/h5-6,9-23H,2,7-8H2,1,3-4H3/b9-5+. The number of hydrogen-bond acceptors (Lipinski definition) is 6. The second kappa shape index (κ2) is 13.0. The van der Waals surface area contributed by atoms with Gasteiger partial charge in [0.1, 0.15) is 11.5 Å². The van der Waals surface area contributed by atoms with Crippen LogP contribution in [0.15, 0.2) is 107 Å². The Morgan fingerprint density at radius 1 is 0.650 bits per heavy atom. The van der Waals surface area contributed by atoms with Crippen LogP contribution < -0.4 is 18.9 Å². The lowest BCUT2D eigenvalue weighted by Crippen LogP contribution is -2.02. The quantitative estimate of drug-likeness (QED) is 0.174. The fraction of sp³-hybridized carbons (Fsp3) is 0.152. The number of sulfone groups is 1. The fourth-order valence-corrected chi connectivity index (χ4v) is 5.21. The molecule has 0 N–H and O–H groups in total. The molecule has 0 aliphatic carbocycles. The Kier molecular flexibility index (Phi) is 9.30. The second-order valence-corrected chi connectivity index (χ2v) is 10.6. The average molecular weight is 557 g/mol. The first kappa shape index (κ1) is 28.5. The Bertz CT molecular complexity index is 1590. The third kappa shape index (κ3) is 6.74. The van der Waals surface area contributed by atoms with Gasteiger partial charge in [-0.1, -0.05) is 36.9 Å². The van der Waals surface area contributed by atoms with Crippen molar-refractivity contribution in [2.75, 3.05) is 13.2 Å². The van der Waals surface area contributed by atoms with Crippen molar-refractivity contribution in [1.29, 1.82) is 0 Å². The summed E-state index contributed by atoms with van der Waals surface area (Å²) in [4.78, 5) is 0.301. The molecule has 0 aliphatic heterocycles. The smallest absolute Gasteiger partial charge is 0.206 e. The monoisotopic (exact) mass is 556 g/mol. The minimum absolute atomic E-state index is 0.149. The van der Waals surface area contributed by atoms with Crippen LogP contribution >= 0.6 is 0 Å². The van der Waals surface area contributed by atoms with Crippen LogP contribution in [0.4, 0.5) is 0 Å². The highest BCUT2D eigenvalue weighted by Gasteiger charge is 2.18. The van der Waals surface area contributed by atoms with Crippen molar-refractivity contribution >= 4 is 22.0 Å². The van der Waals surface area contributed by atoms with Gasteiger partial charge in [0.05, 0.1) is 23.0 Å². The summed E-state index contributed by atoms with van der Waals surface area (Å²) in [6.07, 6.45) is 5.62. The van der Waals surface area contributed by atoms with E-state index in [2.05, 4.69) is 6.58 Å². The SMILES string of the molecule is C=Cc1ccc(OCC)c(Oc2ccc(S(=O)(=O)c3ccc(Oc4cc(/C=C/C)ccc4OCC)cc3)cc2)c1. The molecule has 0 aromatic heterocycles. The van der Waals surface area contributed by atoms with Crippen molar-refractivity contribution in [3.05, 3.63) is 109 Å². The first-order chi connectivity index (χ1) is 19.4. The van der Waals surface area contributed by atoms with Gasteiger partial charge in [0.25, 0.3) is 0 Å². The molecule has 0 amide bonds. The van der Waals surface area contributed by atoms with Crippen LogP contribution in [0.1, 0.15) is 31.9 Å². The van der Waals surface area contributed by atoms with E-state index < -0.39 is 9.84 Å². The highest BCUT2D eigenvalue weighted by atomic mass is 32.2. The van der Waals surface area contributed by atoms with Crippen LogP contribution in [0.3, 0.4) is 0 Å². The van der Waals surface area contributed by atoms with Gasteiger partial charge in [-0.25, -0.2) is 8.42 Å². The number of hydrogen-bond donors (Lipinski definition) is 0. The van der Waals surface area contributed by atoms with Crippen molar-refractivity contribution in [2.24, 2.45) is 0 Å². The van der Waals surface area contributed by atoms with Crippen LogP contribution in [-0.2, 0) is 9.84 Å². The van der Waals surface area contributed by atoms with Gasteiger partial charge < -0.3 is 18.9 Å². The third-order valence-electron chi connectivity index (χ3n) is 5.85. The van der Waals surface area contributed by atoms with Crippen molar-refractivity contribution in [3.8, 4) is 34.5 Å². The van der Waals surface area contributed by atoms with E-state index in [1.807, 2.05) is 69.3 Å². The number of benzene rings is 4. The lowest BCUT2D eigenvalue weighted by molar-refractivity contribution is 0.321. The largest absolute Gasteiger partial charge is 0.490 e. The molecule has 0 radical (unpaired) electrons. The molecule has 40 heavy (non-hydrogen) atoms. The lowest BCUT2D eigenvalue weighted by Gasteiger charge is -2.13. The molecule has 0 atom stereocenters. The molecule has 0 aliphatic rings. The summed E-state index contributed by atoms with van der Waals surface area (Å²) >= 11 is 0. The van der Waals surface area contributed by atoms with E-state index in [0.29, 0.717) is 47.7 Å². The minimum atomic E-state index is -3.76. The first-order valence-corrected chi connectivity index (χ1v) is 14.5. The Morgan fingerprint density at radius 3 is 1.52 bits per heavy atom. The maximum atomic E-state index is 13.3. The Balaban J connectivity index is 1.52. The molecular weight excluding hydrogens is 524 g/mol. The predicted octanol–water partition coefficient (Wildman–Crippen LogP) is 8.58. The van der Waals surface area contributed by atoms with Gasteiger partial charge in [-0.3, -0.25) is 0 Å². The summed E-state index contributed by atoms with van der Waals surface area (Å²) in [6.45, 7) is 10.5. The number of allylic oxidation sites excluding steroid dienone is 1. The van der Waals surface area contributed by atoms with Crippen LogP contribution in [-0.4, -0.2) is 21.6 Å². The first-order valence-electron chi connectivity index (χ1n) is 13.0. The van der Waals surface area contributed by atoms with Gasteiger partial charge in [0, 0.05) is 0 Å². The zero-order valence-corrected chi connectivity index (χ0v) is 23.6. The molecule has 0 fully saturated rings. The van der Waals surface area contributed by atoms with Crippen molar-refractivity contribution in [2.45, 2.75) is 30.6 Å². The van der Waals surface area contributed by atoms with Crippen molar-refractivity contribution in [3.63, 3.8) is 0 Å². The van der Waals surface area contributed by atoms with Gasteiger partial charge in [-0.2, -0.15) is 0 Å². The van der Waals surface area contributed by atoms with E-state index in [4.69, 9.17) is 18.9 Å². The van der Waals surface area contributed by atoms with E-state index in [-0.39, 0.29) is 9.79 Å². The van der Waals surface area contributed by atoms with E-state index >= 15 is 0 Å². The van der Waals surface area contributed by atoms with Crippen LogP contribution in [0, 0.1) is 0 Å². The molecule has 7 heteroatoms. The number of rotatable bonds is 12. The van der Waals surface area contributed by atoms with Crippen LogP contribution in [0.5, 0.6) is 34.5 Å². The van der Waals surface area contributed by atoms with Gasteiger partial charge >= 0.3 is 0 Å². The zero-order valence-electron chi connectivity index (χ0n) is 22.8. The summed E-state index contributed by atoms with van der Waals surface area (Å²) in [5, 5.41) is 0. The molecule has 4 aromatic rings. The van der Waals surface area contributed by atoms with E-state index in [0.717, 1.165) is 11.1 Å². The van der Waals surface area contributed by atoms with E-state index in [9.17, 15) is 8.42 Å². The second-order valence-electron chi connectivity index (χ2n) is 8.63. The van der Waals surface area contributed by atoms with E-state index in [1.165, 1.54) is 24.3 Å². The average Bonchev–Trinajstić information content (AvgIpc) is 2.96. The highest BCUT2D eigenvalue weighted by Crippen LogP contribution is 2.35. The summed E-state index contributed by atoms with van der Waals surface area (Å²) in [5.41, 5.74) is 1.85. The van der Waals surface area contributed by atoms with Gasteiger partial charge in [-0.05, 0) is 105 Å². The molecule has 4 rings (SSSR count). The predicted molar refractivity (Wildman–Crippen MR) is 159 cm³/mol. The molecular formula is C33H32O6S. The van der Waals surface area contributed by atoms with E-state index in [1.54, 1.807) is 30.3 Å². The third-order valence-corrected chi connectivity index (χ3v) is 7.64. The highest BCUT2D eigenvalue weighted by molar-refractivity contribution is 7.91. The normalized spacial score (nSPS) is 11.3. The zero-order chi connectivity index (χ0) is 28.5. The molecule has 0 spiro atoms. The molecule has 0 saturated carbocycles. The van der Waals surface area contributed by atoms with Crippen molar-refractivity contribution < 1.29 is 27.4 Å². The maximum absolute atomic E-state index is 13.3. The molecule has 0 heterocycles. The minimum Gasteiger partial charge on any atom is -0.490 e. The van der Waals surface area contributed by atoms with Crippen LogP contribution in [0.25, 0.3) is 12.2 Å². The summed E-state index contributed by atoms with van der Waals surface area (Å²) in [5.74, 6) is 3.25. The van der Waals surface area contributed by atoms with Gasteiger partial charge in [0.15, 0.2) is 23.0 Å². The number of ether oxygens (including phenoxy) is 4. The van der Waals surface area contributed by atoms with Crippen molar-refractivity contribution in [1.82, 2.24) is 0 Å². The lowest BCUT2D eigenvalue weighted by atomic mass is 10.2. The molecule has 0 bridgehead atoms. The fourth-order valence-electron chi connectivity index (χ4n) is 3.95. The topological polar surface area (TPSA) is 71.1 Å². The Labute approximate surface area is 236 Å². The van der Waals surface area contributed by atoms with Gasteiger partial charge in [0.2, 0.25) is 9.84 Å². The Hall–Kier alpha value is -4.49. The van der Waals surface area contributed by atoms with Gasteiger partial charge in [-0.15, -0.1) is 0 Å². The molecule has 0 saturated heterocycles. The summed E-state index contributed by atoms with van der Waals surface area (Å²) < 4.78 is 50.0. The molecule has 0 unspecified atom stereocenters. The Morgan fingerprint density at radius 2 is 1.10 bits per heavy atom. The molecule has 206 valence electrons. The maximum Gasteiger partial charge on any atom is 0.206 e.